The Morgan fingerprint density at radius 3 is 1.30 bits per heavy atom. The Morgan fingerprint density at radius 1 is 0.568 bits per heavy atom. The molecule has 0 aromatic heterocycles. The number of hydrogen-bond acceptors (Lipinski definition) is 11. The van der Waals surface area contributed by atoms with Crippen molar-refractivity contribution in [2.75, 3.05) is 113 Å². The molecule has 0 radical (unpaired) electrons. The van der Waals surface area contributed by atoms with Crippen molar-refractivity contribution in [2.45, 2.75) is 19.3 Å². The Labute approximate surface area is 219 Å². The Bertz CT molecular complexity index is 612. The predicted molar refractivity (Wildman–Crippen MR) is 132 cm³/mol. The summed E-state index contributed by atoms with van der Waals surface area (Å²) in [5, 5.41) is 0. The van der Waals surface area contributed by atoms with E-state index >= 15 is 0 Å². The summed E-state index contributed by atoms with van der Waals surface area (Å²) in [6.45, 7) is 7.65. The molecule has 1 heterocycles. The summed E-state index contributed by atoms with van der Waals surface area (Å²) in [5.74, 6) is -0.728. The molecular formula is C25H43NO11. The molecule has 0 aromatic carbocycles. The number of carbonyl (C=O) groups excluding carboxylic acids is 3. The quantitative estimate of drug-likeness (QED) is 0.102. The Balaban J connectivity index is 1.70. The van der Waals surface area contributed by atoms with Gasteiger partial charge in [0.25, 0.3) is 11.8 Å². The van der Waals surface area contributed by atoms with Gasteiger partial charge in [-0.15, -0.1) is 0 Å². The average Bonchev–Trinajstić information content (AvgIpc) is 3.22. The highest BCUT2D eigenvalue weighted by atomic mass is 16.6. The van der Waals surface area contributed by atoms with Crippen LogP contribution in [0, 0.1) is 0 Å². The molecule has 12 nitrogen and oxygen atoms in total. The number of ketones is 1. The van der Waals surface area contributed by atoms with E-state index in [1.54, 1.807) is 7.11 Å². The van der Waals surface area contributed by atoms with E-state index in [9.17, 15) is 14.4 Å². The van der Waals surface area contributed by atoms with Crippen LogP contribution in [0.3, 0.4) is 0 Å². The van der Waals surface area contributed by atoms with Gasteiger partial charge in [0, 0.05) is 45.3 Å². The first kappa shape index (κ1) is 33.3. The SMILES string of the molecule is COCCOCCOCCOCCOCCOCCOCCOCCCC(=O)CCN1C(=O)C=CC1=O. The van der Waals surface area contributed by atoms with Gasteiger partial charge in [-0.3, -0.25) is 19.3 Å². The maximum absolute atomic E-state index is 11.8. The molecule has 0 N–H and O–H groups in total. The van der Waals surface area contributed by atoms with E-state index in [2.05, 4.69) is 0 Å². The van der Waals surface area contributed by atoms with Crippen molar-refractivity contribution < 1.29 is 52.3 Å². The largest absolute Gasteiger partial charge is 0.382 e. The van der Waals surface area contributed by atoms with E-state index in [-0.39, 0.29) is 30.6 Å². The van der Waals surface area contributed by atoms with Crippen LogP contribution in [0.1, 0.15) is 19.3 Å². The lowest BCUT2D eigenvalue weighted by Gasteiger charge is -2.12. The van der Waals surface area contributed by atoms with E-state index in [1.165, 1.54) is 12.2 Å². The van der Waals surface area contributed by atoms with Crippen molar-refractivity contribution in [1.29, 1.82) is 0 Å². The minimum atomic E-state index is -0.365. The van der Waals surface area contributed by atoms with Crippen LogP contribution in [-0.4, -0.2) is 135 Å². The van der Waals surface area contributed by atoms with Gasteiger partial charge in [-0.1, -0.05) is 0 Å². The van der Waals surface area contributed by atoms with Crippen LogP contribution in [0.25, 0.3) is 0 Å². The third-order valence-electron chi connectivity index (χ3n) is 4.92. The maximum Gasteiger partial charge on any atom is 0.253 e. The van der Waals surface area contributed by atoms with Gasteiger partial charge in [-0.05, 0) is 6.42 Å². The van der Waals surface area contributed by atoms with Crippen molar-refractivity contribution in [3.05, 3.63) is 12.2 Å². The van der Waals surface area contributed by atoms with Crippen molar-refractivity contribution in [1.82, 2.24) is 4.90 Å². The van der Waals surface area contributed by atoms with Gasteiger partial charge in [0.2, 0.25) is 0 Å². The van der Waals surface area contributed by atoms with E-state index in [4.69, 9.17) is 37.9 Å². The second-order valence-corrected chi connectivity index (χ2v) is 7.83. The number of nitrogens with zero attached hydrogens (tertiary/aromatic N) is 1. The number of amides is 2. The number of rotatable bonds is 28. The number of Topliss-reactive ketones (excluding diaryl/α,β-unsaturated/α-hetero) is 1. The summed E-state index contributed by atoms with van der Waals surface area (Å²) in [6.07, 6.45) is 3.54. The molecule has 0 aliphatic carbocycles. The topological polar surface area (TPSA) is 128 Å². The Kier molecular flexibility index (Phi) is 22.1. The normalized spacial score (nSPS) is 13.3. The predicted octanol–water partition coefficient (Wildman–Crippen LogP) is 0.413. The molecule has 0 spiro atoms. The molecule has 1 aliphatic rings. The third-order valence-corrected chi connectivity index (χ3v) is 4.92. The van der Waals surface area contributed by atoms with Crippen molar-refractivity contribution in [2.24, 2.45) is 0 Å². The van der Waals surface area contributed by atoms with Crippen molar-refractivity contribution in [3.63, 3.8) is 0 Å². The van der Waals surface area contributed by atoms with Crippen molar-refractivity contribution in [3.8, 4) is 0 Å². The zero-order valence-electron chi connectivity index (χ0n) is 22.0. The van der Waals surface area contributed by atoms with Gasteiger partial charge in [-0.25, -0.2) is 0 Å². The van der Waals surface area contributed by atoms with Gasteiger partial charge in [0.05, 0.1) is 92.5 Å². The second-order valence-electron chi connectivity index (χ2n) is 7.83. The van der Waals surface area contributed by atoms with Crippen molar-refractivity contribution >= 4 is 17.6 Å². The fraction of sp³-hybridized carbons (Fsp3) is 0.800. The molecule has 0 atom stereocenters. The zero-order chi connectivity index (χ0) is 26.8. The van der Waals surface area contributed by atoms with E-state index in [0.717, 1.165) is 4.90 Å². The first-order valence-corrected chi connectivity index (χ1v) is 12.7. The Hall–Kier alpha value is -1.77. The first-order chi connectivity index (χ1) is 18.1. The van der Waals surface area contributed by atoms with Crippen LogP contribution in [0.4, 0.5) is 0 Å². The number of imide groups is 1. The van der Waals surface area contributed by atoms with E-state index < -0.39 is 0 Å². The van der Waals surface area contributed by atoms with Gasteiger partial charge in [0.1, 0.15) is 5.78 Å². The summed E-state index contributed by atoms with van der Waals surface area (Å²) in [4.78, 5) is 35.8. The van der Waals surface area contributed by atoms with Crippen LogP contribution in [-0.2, 0) is 52.3 Å². The Morgan fingerprint density at radius 2 is 0.919 bits per heavy atom. The second kappa shape index (κ2) is 24.6. The van der Waals surface area contributed by atoms with Crippen LogP contribution in [0.5, 0.6) is 0 Å². The molecule has 0 aromatic rings. The maximum atomic E-state index is 11.8. The third kappa shape index (κ3) is 19.9. The number of carbonyl (C=O) groups is 3. The highest BCUT2D eigenvalue weighted by molar-refractivity contribution is 6.13. The first-order valence-electron chi connectivity index (χ1n) is 12.7. The standard InChI is InChI=1S/C25H43NO11/c1-30-9-10-32-13-14-34-17-18-36-21-22-37-20-19-35-16-15-33-12-11-31-8-2-3-23(27)6-7-26-24(28)4-5-25(26)29/h4-5H,2-3,6-22H2,1H3. The van der Waals surface area contributed by atoms with E-state index in [1.807, 2.05) is 0 Å². The van der Waals surface area contributed by atoms with Crippen LogP contribution >= 0.6 is 0 Å². The summed E-state index contributed by atoms with van der Waals surface area (Å²) in [6, 6.07) is 0. The van der Waals surface area contributed by atoms with Gasteiger partial charge >= 0.3 is 0 Å². The minimum absolute atomic E-state index is 0.00197. The smallest absolute Gasteiger partial charge is 0.253 e. The van der Waals surface area contributed by atoms with Gasteiger partial charge in [0.15, 0.2) is 0 Å². The molecule has 0 unspecified atom stereocenters. The molecule has 0 fully saturated rings. The summed E-state index contributed by atoms with van der Waals surface area (Å²) in [5.41, 5.74) is 0. The molecule has 1 rings (SSSR count). The molecule has 1 aliphatic heterocycles. The average molecular weight is 534 g/mol. The zero-order valence-corrected chi connectivity index (χ0v) is 22.0. The fourth-order valence-corrected chi connectivity index (χ4v) is 2.95. The molecule has 37 heavy (non-hydrogen) atoms. The lowest BCUT2D eigenvalue weighted by molar-refractivity contribution is -0.137. The van der Waals surface area contributed by atoms with E-state index in [0.29, 0.717) is 112 Å². The molecule has 12 heteroatoms. The molecule has 0 saturated carbocycles. The molecule has 2 amide bonds. The highest BCUT2D eigenvalue weighted by Crippen LogP contribution is 2.06. The molecule has 0 saturated heterocycles. The number of hydrogen-bond donors (Lipinski definition) is 0. The summed E-state index contributed by atoms with van der Waals surface area (Å²) < 4.78 is 42.6. The molecule has 214 valence electrons. The lowest BCUT2D eigenvalue weighted by atomic mass is 10.1. The number of methoxy groups -OCH3 is 1. The van der Waals surface area contributed by atoms with Crippen LogP contribution < -0.4 is 0 Å². The number of ether oxygens (including phenoxy) is 8. The van der Waals surface area contributed by atoms with Gasteiger partial charge in [-0.2, -0.15) is 0 Å². The molecular weight excluding hydrogens is 490 g/mol. The van der Waals surface area contributed by atoms with Crippen LogP contribution in [0.2, 0.25) is 0 Å². The highest BCUT2D eigenvalue weighted by Gasteiger charge is 2.23. The van der Waals surface area contributed by atoms with Crippen LogP contribution in [0.15, 0.2) is 12.2 Å². The minimum Gasteiger partial charge on any atom is -0.382 e. The summed E-state index contributed by atoms with van der Waals surface area (Å²) >= 11 is 0. The summed E-state index contributed by atoms with van der Waals surface area (Å²) in [7, 11) is 1.64. The molecule has 0 bridgehead atoms. The fourth-order valence-electron chi connectivity index (χ4n) is 2.95. The van der Waals surface area contributed by atoms with Gasteiger partial charge < -0.3 is 37.9 Å². The monoisotopic (exact) mass is 533 g/mol. The lowest BCUT2D eigenvalue weighted by Crippen LogP contribution is -2.32.